The van der Waals surface area contributed by atoms with Crippen molar-refractivity contribution in [2.75, 3.05) is 13.7 Å². The SMILES string of the molecule is COc1ccc(Cc2nc(-c3ccccc3)c3n2CCN(C(=O)[C@@H]2C[C@@H](C)NC(=S)N2)C3)cc1. The van der Waals surface area contributed by atoms with Gasteiger partial charge in [-0.1, -0.05) is 42.5 Å². The third kappa shape index (κ3) is 4.50. The van der Waals surface area contributed by atoms with Crippen molar-refractivity contribution in [3.63, 3.8) is 0 Å². The van der Waals surface area contributed by atoms with Crippen molar-refractivity contribution in [2.45, 2.75) is 44.9 Å². The molecule has 2 N–H and O–H groups in total. The molecule has 1 saturated heterocycles. The molecule has 2 aromatic carbocycles. The van der Waals surface area contributed by atoms with Gasteiger partial charge in [0.05, 0.1) is 25.0 Å². The van der Waals surface area contributed by atoms with Crippen molar-refractivity contribution in [3.05, 3.63) is 71.7 Å². The summed E-state index contributed by atoms with van der Waals surface area (Å²) in [4.78, 5) is 20.4. The lowest BCUT2D eigenvalue weighted by Gasteiger charge is -2.36. The second kappa shape index (κ2) is 9.46. The van der Waals surface area contributed by atoms with Gasteiger partial charge in [-0.15, -0.1) is 0 Å². The van der Waals surface area contributed by atoms with Crippen LogP contribution in [-0.4, -0.2) is 51.2 Å². The lowest BCUT2D eigenvalue weighted by Crippen LogP contribution is -2.59. The van der Waals surface area contributed by atoms with Crippen molar-refractivity contribution >= 4 is 23.2 Å². The minimum Gasteiger partial charge on any atom is -0.497 e. The Morgan fingerprint density at radius 2 is 1.88 bits per heavy atom. The van der Waals surface area contributed by atoms with Gasteiger partial charge in [-0.3, -0.25) is 4.79 Å². The average molecular weight is 476 g/mol. The third-order valence-corrected chi connectivity index (χ3v) is 6.77. The highest BCUT2D eigenvalue weighted by Crippen LogP contribution is 2.29. The molecule has 1 fully saturated rings. The van der Waals surface area contributed by atoms with Crippen molar-refractivity contribution in [1.29, 1.82) is 0 Å². The molecule has 5 rings (SSSR count). The topological polar surface area (TPSA) is 71.4 Å². The number of rotatable bonds is 5. The van der Waals surface area contributed by atoms with Crippen LogP contribution in [0.5, 0.6) is 5.75 Å². The second-order valence-corrected chi connectivity index (χ2v) is 9.34. The molecule has 34 heavy (non-hydrogen) atoms. The summed E-state index contributed by atoms with van der Waals surface area (Å²) in [5.74, 6) is 1.95. The van der Waals surface area contributed by atoms with Gasteiger partial charge in [-0.05, 0) is 43.3 Å². The van der Waals surface area contributed by atoms with Crippen molar-refractivity contribution in [1.82, 2.24) is 25.1 Å². The second-order valence-electron chi connectivity index (χ2n) is 8.93. The van der Waals surface area contributed by atoms with Crippen LogP contribution in [0.15, 0.2) is 54.6 Å². The van der Waals surface area contributed by atoms with Gasteiger partial charge >= 0.3 is 0 Å². The largest absolute Gasteiger partial charge is 0.497 e. The average Bonchev–Trinajstić information content (AvgIpc) is 3.21. The summed E-state index contributed by atoms with van der Waals surface area (Å²) in [6, 6.07) is 18.2. The number of methoxy groups -OCH3 is 1. The van der Waals surface area contributed by atoms with Gasteiger partial charge in [0, 0.05) is 31.1 Å². The normalized spacial score (nSPS) is 19.7. The van der Waals surface area contributed by atoms with Crippen LogP contribution in [0, 0.1) is 0 Å². The van der Waals surface area contributed by atoms with E-state index >= 15 is 0 Å². The van der Waals surface area contributed by atoms with E-state index in [4.69, 9.17) is 21.9 Å². The first-order valence-corrected chi connectivity index (χ1v) is 12.0. The number of nitrogens with zero attached hydrogens (tertiary/aromatic N) is 3. The lowest BCUT2D eigenvalue weighted by molar-refractivity contribution is -0.135. The van der Waals surface area contributed by atoms with Gasteiger partial charge in [-0.2, -0.15) is 0 Å². The molecule has 0 radical (unpaired) electrons. The highest BCUT2D eigenvalue weighted by molar-refractivity contribution is 7.80. The molecule has 1 amide bonds. The van der Waals surface area contributed by atoms with E-state index < -0.39 is 0 Å². The van der Waals surface area contributed by atoms with Gasteiger partial charge < -0.3 is 24.8 Å². The van der Waals surface area contributed by atoms with Crippen LogP contribution in [0.3, 0.4) is 0 Å². The fourth-order valence-electron chi connectivity index (χ4n) is 4.80. The van der Waals surface area contributed by atoms with Crippen molar-refractivity contribution in [2.24, 2.45) is 0 Å². The van der Waals surface area contributed by atoms with Crippen LogP contribution in [0.4, 0.5) is 0 Å². The summed E-state index contributed by atoms with van der Waals surface area (Å²) in [7, 11) is 1.67. The van der Waals surface area contributed by atoms with Gasteiger partial charge in [-0.25, -0.2) is 4.98 Å². The number of nitrogens with one attached hydrogen (secondary N) is 2. The zero-order chi connectivity index (χ0) is 23.7. The third-order valence-electron chi connectivity index (χ3n) is 6.54. The number of ether oxygens (including phenoxy) is 1. The zero-order valence-electron chi connectivity index (χ0n) is 19.5. The first-order valence-electron chi connectivity index (χ1n) is 11.6. The van der Waals surface area contributed by atoms with E-state index in [2.05, 4.69) is 46.4 Å². The molecule has 3 aromatic rings. The first kappa shape index (κ1) is 22.4. The molecule has 8 heteroatoms. The molecule has 0 saturated carbocycles. The number of hydrogen-bond donors (Lipinski definition) is 2. The number of benzene rings is 2. The van der Waals surface area contributed by atoms with Gasteiger partial charge in [0.2, 0.25) is 5.91 Å². The Morgan fingerprint density at radius 3 is 2.59 bits per heavy atom. The zero-order valence-corrected chi connectivity index (χ0v) is 20.3. The van der Waals surface area contributed by atoms with E-state index in [0.29, 0.717) is 24.6 Å². The van der Waals surface area contributed by atoms with E-state index in [9.17, 15) is 4.79 Å². The molecule has 0 aliphatic carbocycles. The van der Waals surface area contributed by atoms with E-state index in [1.807, 2.05) is 35.2 Å². The molecule has 0 unspecified atom stereocenters. The van der Waals surface area contributed by atoms with Crippen LogP contribution in [0.25, 0.3) is 11.3 Å². The molecule has 7 nitrogen and oxygen atoms in total. The molecular weight excluding hydrogens is 446 g/mol. The summed E-state index contributed by atoms with van der Waals surface area (Å²) in [5.41, 5.74) is 4.27. The molecule has 2 aliphatic heterocycles. The fourth-order valence-corrected chi connectivity index (χ4v) is 5.14. The van der Waals surface area contributed by atoms with Gasteiger partial charge in [0.1, 0.15) is 17.6 Å². The summed E-state index contributed by atoms with van der Waals surface area (Å²) < 4.78 is 7.59. The van der Waals surface area contributed by atoms with E-state index in [1.54, 1.807) is 7.11 Å². The monoisotopic (exact) mass is 475 g/mol. The summed E-state index contributed by atoms with van der Waals surface area (Å²) in [6.07, 6.45) is 1.43. The quantitative estimate of drug-likeness (QED) is 0.553. The van der Waals surface area contributed by atoms with E-state index in [0.717, 1.165) is 41.5 Å². The van der Waals surface area contributed by atoms with E-state index in [1.165, 1.54) is 5.56 Å². The van der Waals surface area contributed by atoms with Crippen LogP contribution in [0.2, 0.25) is 0 Å². The smallest absolute Gasteiger partial charge is 0.245 e. The highest BCUT2D eigenvalue weighted by atomic mass is 32.1. The van der Waals surface area contributed by atoms with Crippen LogP contribution in [0.1, 0.15) is 30.4 Å². The maximum atomic E-state index is 13.4. The molecule has 0 spiro atoms. The minimum atomic E-state index is -0.294. The minimum absolute atomic E-state index is 0.0962. The van der Waals surface area contributed by atoms with Crippen LogP contribution >= 0.6 is 12.2 Å². The molecule has 0 bridgehead atoms. The standard InChI is InChI=1S/C26H29N5O2S/c1-17-14-21(28-26(34)27-17)25(32)30-12-13-31-22(16-30)24(19-6-4-3-5-7-19)29-23(31)15-18-8-10-20(33-2)11-9-18/h3-11,17,21H,12-16H2,1-2H3,(H2,27,28,34)/t17-,21+/m1/s1. The molecule has 2 atom stereocenters. The molecule has 3 heterocycles. The van der Waals surface area contributed by atoms with Gasteiger partial charge in [0.15, 0.2) is 5.11 Å². The number of aromatic nitrogens is 2. The molecular formula is C26H29N5O2S. The summed E-state index contributed by atoms with van der Waals surface area (Å²) in [6.45, 7) is 3.96. The predicted octanol–water partition coefficient (Wildman–Crippen LogP) is 3.12. The molecule has 1 aromatic heterocycles. The van der Waals surface area contributed by atoms with Crippen LogP contribution in [-0.2, 0) is 24.3 Å². The Balaban J connectivity index is 1.44. The van der Waals surface area contributed by atoms with Gasteiger partial charge in [0.25, 0.3) is 0 Å². The number of carbonyl (C=O) groups excluding carboxylic acids is 1. The molecule has 176 valence electrons. The fraction of sp³-hybridized carbons (Fsp3) is 0.346. The highest BCUT2D eigenvalue weighted by Gasteiger charge is 2.33. The van der Waals surface area contributed by atoms with E-state index in [-0.39, 0.29) is 18.0 Å². The van der Waals surface area contributed by atoms with Crippen molar-refractivity contribution < 1.29 is 9.53 Å². The Bertz CT molecular complexity index is 1190. The Labute approximate surface area is 205 Å². The molecule has 2 aliphatic rings. The van der Waals surface area contributed by atoms with Crippen LogP contribution < -0.4 is 15.4 Å². The Hall–Kier alpha value is -3.39. The maximum absolute atomic E-state index is 13.4. The predicted molar refractivity (Wildman–Crippen MR) is 136 cm³/mol. The number of amides is 1. The summed E-state index contributed by atoms with van der Waals surface area (Å²) in [5, 5.41) is 6.88. The Morgan fingerprint density at radius 1 is 1.12 bits per heavy atom. The number of hydrogen-bond acceptors (Lipinski definition) is 4. The number of imidazole rings is 1. The lowest BCUT2D eigenvalue weighted by atomic mass is 10.0. The Kier molecular flexibility index (Phi) is 6.24. The summed E-state index contributed by atoms with van der Waals surface area (Å²) >= 11 is 5.29. The first-order chi connectivity index (χ1) is 16.5. The number of carbonyl (C=O) groups is 1. The maximum Gasteiger partial charge on any atom is 0.245 e. The van der Waals surface area contributed by atoms with Crippen molar-refractivity contribution in [3.8, 4) is 17.0 Å². The number of fused-ring (bicyclic) bond motifs is 1. The number of thiocarbonyl (C=S) groups is 1.